The molecule has 30 heavy (non-hydrogen) atoms. The van der Waals surface area contributed by atoms with E-state index in [4.69, 9.17) is 21.1 Å². The van der Waals surface area contributed by atoms with Crippen LogP contribution in [0.15, 0.2) is 42.5 Å². The third-order valence-electron chi connectivity index (χ3n) is 4.63. The summed E-state index contributed by atoms with van der Waals surface area (Å²) in [5, 5.41) is 11.5. The number of para-hydroxylation sites is 1. The van der Waals surface area contributed by atoms with Gasteiger partial charge in [0.05, 0.1) is 30.1 Å². The van der Waals surface area contributed by atoms with Gasteiger partial charge in [0.25, 0.3) is 5.91 Å². The molecule has 0 atom stereocenters. The van der Waals surface area contributed by atoms with Gasteiger partial charge in [0.2, 0.25) is 0 Å². The number of rotatable bonds is 9. The largest absolute Gasteiger partial charge is 0.493 e. The number of hydrogen-bond donors (Lipinski definition) is 1. The van der Waals surface area contributed by atoms with E-state index in [-0.39, 0.29) is 11.6 Å². The molecular formula is C22H25ClN4O3. The number of hydrogen-bond acceptors (Lipinski definition) is 5. The molecule has 3 rings (SSSR count). The van der Waals surface area contributed by atoms with Gasteiger partial charge in [-0.2, -0.15) is 0 Å². The number of halogens is 1. The smallest absolute Gasteiger partial charge is 0.274 e. The molecule has 0 saturated heterocycles. The third kappa shape index (κ3) is 4.91. The van der Waals surface area contributed by atoms with Crippen molar-refractivity contribution in [1.29, 1.82) is 0 Å². The van der Waals surface area contributed by atoms with E-state index in [1.54, 1.807) is 24.8 Å². The van der Waals surface area contributed by atoms with Gasteiger partial charge in [0, 0.05) is 6.54 Å². The zero-order chi connectivity index (χ0) is 21.5. The maximum absolute atomic E-state index is 12.6. The summed E-state index contributed by atoms with van der Waals surface area (Å²) >= 11 is 6.23. The first-order valence-electron chi connectivity index (χ1n) is 9.80. The van der Waals surface area contributed by atoms with Crippen molar-refractivity contribution in [1.82, 2.24) is 20.3 Å². The lowest BCUT2D eigenvalue weighted by molar-refractivity contribution is 0.0945. The van der Waals surface area contributed by atoms with Crippen LogP contribution in [-0.4, -0.2) is 34.6 Å². The van der Waals surface area contributed by atoms with Gasteiger partial charge in [-0.25, -0.2) is 4.68 Å². The quantitative estimate of drug-likeness (QED) is 0.513. The highest BCUT2D eigenvalue weighted by Crippen LogP contribution is 2.28. The Bertz CT molecular complexity index is 1020. The molecule has 0 radical (unpaired) electrons. The predicted molar refractivity (Wildman–Crippen MR) is 116 cm³/mol. The van der Waals surface area contributed by atoms with Gasteiger partial charge in [0.1, 0.15) is 0 Å². The van der Waals surface area contributed by atoms with E-state index in [0.717, 1.165) is 18.4 Å². The second kappa shape index (κ2) is 10.1. The zero-order valence-electron chi connectivity index (χ0n) is 17.3. The van der Waals surface area contributed by atoms with Crippen LogP contribution in [0, 0.1) is 6.92 Å². The third-order valence-corrected chi connectivity index (χ3v) is 4.95. The van der Waals surface area contributed by atoms with Gasteiger partial charge in [-0.05, 0) is 43.2 Å². The summed E-state index contributed by atoms with van der Waals surface area (Å²) in [6, 6.07) is 12.9. The number of carbonyl (C=O) groups excluding carboxylic acids is 1. The van der Waals surface area contributed by atoms with E-state index in [1.165, 1.54) is 0 Å². The van der Waals surface area contributed by atoms with Gasteiger partial charge in [-0.1, -0.05) is 48.4 Å². The molecule has 0 aliphatic rings. The summed E-state index contributed by atoms with van der Waals surface area (Å²) in [5.74, 6) is 1.02. The highest BCUT2D eigenvalue weighted by Gasteiger charge is 2.18. The Labute approximate surface area is 181 Å². The van der Waals surface area contributed by atoms with Crippen molar-refractivity contribution in [3.8, 4) is 17.2 Å². The van der Waals surface area contributed by atoms with Crippen molar-refractivity contribution >= 4 is 17.5 Å². The average molecular weight is 429 g/mol. The Kier molecular flexibility index (Phi) is 7.30. The minimum Gasteiger partial charge on any atom is -0.493 e. The van der Waals surface area contributed by atoms with E-state index in [0.29, 0.717) is 41.1 Å². The van der Waals surface area contributed by atoms with Gasteiger partial charge < -0.3 is 14.8 Å². The number of unbranched alkanes of at least 4 members (excludes halogenated alkanes) is 1. The molecule has 0 fully saturated rings. The van der Waals surface area contributed by atoms with Crippen LogP contribution >= 0.6 is 11.6 Å². The highest BCUT2D eigenvalue weighted by atomic mass is 35.5. The van der Waals surface area contributed by atoms with E-state index >= 15 is 0 Å². The number of amides is 1. The summed E-state index contributed by atoms with van der Waals surface area (Å²) in [5.41, 5.74) is 2.42. The maximum Gasteiger partial charge on any atom is 0.274 e. The number of methoxy groups -OCH3 is 1. The molecule has 158 valence electrons. The molecule has 0 saturated carbocycles. The summed E-state index contributed by atoms with van der Waals surface area (Å²) in [4.78, 5) is 12.6. The van der Waals surface area contributed by atoms with Crippen LogP contribution in [0.1, 0.15) is 41.5 Å². The molecule has 1 aromatic heterocycles. The first-order valence-corrected chi connectivity index (χ1v) is 10.2. The summed E-state index contributed by atoms with van der Waals surface area (Å²) < 4.78 is 12.7. The fourth-order valence-corrected chi connectivity index (χ4v) is 3.14. The maximum atomic E-state index is 12.6. The van der Waals surface area contributed by atoms with Crippen LogP contribution in [0.2, 0.25) is 5.02 Å². The molecule has 1 N–H and O–H groups in total. The number of ether oxygens (including phenoxy) is 2. The summed E-state index contributed by atoms with van der Waals surface area (Å²) in [7, 11) is 1.60. The molecule has 0 aliphatic carbocycles. The van der Waals surface area contributed by atoms with Crippen molar-refractivity contribution in [2.45, 2.75) is 33.2 Å². The van der Waals surface area contributed by atoms with Crippen LogP contribution in [0.5, 0.6) is 11.5 Å². The lowest BCUT2D eigenvalue weighted by Gasteiger charge is -2.12. The fourth-order valence-electron chi connectivity index (χ4n) is 2.92. The number of carbonyl (C=O) groups is 1. The first kappa shape index (κ1) is 21.6. The van der Waals surface area contributed by atoms with E-state index in [1.807, 2.05) is 36.4 Å². The molecular weight excluding hydrogens is 404 g/mol. The van der Waals surface area contributed by atoms with Crippen molar-refractivity contribution in [2.75, 3.05) is 13.7 Å². The number of nitrogens with one attached hydrogen (secondary N) is 1. The normalized spacial score (nSPS) is 10.7. The van der Waals surface area contributed by atoms with Crippen LogP contribution in [-0.2, 0) is 6.54 Å². The molecule has 0 unspecified atom stereocenters. The van der Waals surface area contributed by atoms with Crippen molar-refractivity contribution < 1.29 is 14.3 Å². The van der Waals surface area contributed by atoms with Gasteiger partial charge in [0.15, 0.2) is 17.2 Å². The van der Waals surface area contributed by atoms with E-state index in [2.05, 4.69) is 22.6 Å². The fraction of sp³-hybridized carbons (Fsp3) is 0.318. The zero-order valence-corrected chi connectivity index (χ0v) is 18.1. The number of aromatic nitrogens is 3. The topological polar surface area (TPSA) is 78.3 Å². The Morgan fingerprint density at radius 1 is 1.20 bits per heavy atom. The Morgan fingerprint density at radius 3 is 2.73 bits per heavy atom. The number of benzene rings is 2. The average Bonchev–Trinajstić information content (AvgIpc) is 3.14. The molecule has 7 nitrogen and oxygen atoms in total. The molecule has 2 aromatic carbocycles. The van der Waals surface area contributed by atoms with E-state index in [9.17, 15) is 4.79 Å². The van der Waals surface area contributed by atoms with Gasteiger partial charge in [-0.15, -0.1) is 5.10 Å². The molecule has 1 amide bonds. The summed E-state index contributed by atoms with van der Waals surface area (Å²) in [6.45, 7) is 4.86. The SMILES string of the molecule is CCCCOc1ccc(CNC(=O)c2nnn(-c3ccccc3Cl)c2C)cc1OC. The highest BCUT2D eigenvalue weighted by molar-refractivity contribution is 6.32. The molecule has 0 bridgehead atoms. The number of nitrogens with zero attached hydrogens (tertiary/aromatic N) is 3. The van der Waals surface area contributed by atoms with Gasteiger partial charge in [-0.3, -0.25) is 4.79 Å². The minimum absolute atomic E-state index is 0.251. The van der Waals surface area contributed by atoms with E-state index < -0.39 is 0 Å². The molecule has 0 spiro atoms. The van der Waals surface area contributed by atoms with Crippen molar-refractivity contribution in [3.05, 3.63) is 64.4 Å². The minimum atomic E-state index is -0.312. The Balaban J connectivity index is 1.68. The predicted octanol–water partition coefficient (Wildman–Crippen LogP) is 4.35. The molecule has 8 heteroatoms. The molecule has 1 heterocycles. The van der Waals surface area contributed by atoms with Crippen LogP contribution in [0.3, 0.4) is 0 Å². The lowest BCUT2D eigenvalue weighted by Crippen LogP contribution is -2.24. The van der Waals surface area contributed by atoms with Crippen LogP contribution in [0.4, 0.5) is 0 Å². The molecule has 3 aromatic rings. The first-order chi connectivity index (χ1) is 14.5. The second-order valence-electron chi connectivity index (χ2n) is 6.76. The monoisotopic (exact) mass is 428 g/mol. The Hall–Kier alpha value is -3.06. The van der Waals surface area contributed by atoms with Crippen molar-refractivity contribution in [2.24, 2.45) is 0 Å². The van der Waals surface area contributed by atoms with Gasteiger partial charge >= 0.3 is 0 Å². The summed E-state index contributed by atoms with van der Waals surface area (Å²) in [6.07, 6.45) is 2.04. The van der Waals surface area contributed by atoms with Crippen LogP contribution in [0.25, 0.3) is 5.69 Å². The molecule has 0 aliphatic heterocycles. The van der Waals surface area contributed by atoms with Crippen LogP contribution < -0.4 is 14.8 Å². The standard InChI is InChI=1S/C22H25ClN4O3/c1-4-5-12-30-19-11-10-16(13-20(19)29-3)14-24-22(28)21-15(2)27(26-25-21)18-9-7-6-8-17(18)23/h6-11,13H,4-5,12,14H2,1-3H3,(H,24,28). The van der Waals surface area contributed by atoms with Crippen molar-refractivity contribution in [3.63, 3.8) is 0 Å². The Morgan fingerprint density at radius 2 is 2.00 bits per heavy atom. The lowest BCUT2D eigenvalue weighted by atomic mass is 10.2. The second-order valence-corrected chi connectivity index (χ2v) is 7.16.